The molecule has 1 aliphatic heterocycles. The van der Waals surface area contributed by atoms with E-state index in [0.717, 1.165) is 21.5 Å². The number of hydrogen-bond acceptors (Lipinski definition) is 4. The fraction of sp³-hybridized carbons (Fsp3) is 0.0345. The van der Waals surface area contributed by atoms with E-state index >= 15 is 0 Å². The van der Waals surface area contributed by atoms with E-state index in [0.29, 0.717) is 22.7 Å². The number of hydrogen-bond donors (Lipinski definition) is 2. The maximum absolute atomic E-state index is 13.1. The molecule has 5 aromatic carbocycles. The zero-order valence-electron chi connectivity index (χ0n) is 19.5. The zero-order valence-corrected chi connectivity index (χ0v) is 20.3. The lowest BCUT2D eigenvalue weighted by Crippen LogP contribution is -2.26. The molecule has 0 radical (unpaired) electrons. The predicted molar refractivity (Wildman–Crippen MR) is 146 cm³/mol. The monoisotopic (exact) mass is 507 g/mol. The second-order valence-corrected chi connectivity index (χ2v) is 10.5. The molecule has 0 aliphatic carbocycles. The Kier molecular flexibility index (Phi) is 5.39. The molecule has 8 heteroatoms. The average Bonchev–Trinajstić information content (AvgIpc) is 3.03. The summed E-state index contributed by atoms with van der Waals surface area (Å²) in [5, 5.41) is 6.42. The minimum atomic E-state index is -3.82. The number of rotatable bonds is 4. The summed E-state index contributed by atoms with van der Waals surface area (Å²) in [4.78, 5) is 27.2. The van der Waals surface area contributed by atoms with Crippen molar-refractivity contribution in [3.8, 4) is 0 Å². The summed E-state index contributed by atoms with van der Waals surface area (Å²) in [6.45, 7) is 0. The predicted octanol–water partition coefficient (Wildman–Crippen LogP) is 5.80. The highest BCUT2D eigenvalue weighted by Crippen LogP contribution is 2.40. The highest BCUT2D eigenvalue weighted by Gasteiger charge is 2.28. The van der Waals surface area contributed by atoms with Crippen LogP contribution in [0.5, 0.6) is 0 Å². The van der Waals surface area contributed by atoms with Gasteiger partial charge in [0.05, 0.1) is 16.3 Å². The van der Waals surface area contributed by atoms with E-state index in [1.54, 1.807) is 48.5 Å². The van der Waals surface area contributed by atoms with E-state index in [1.165, 1.54) is 4.90 Å². The first kappa shape index (κ1) is 22.8. The van der Waals surface area contributed by atoms with Crippen LogP contribution in [0.15, 0.2) is 108 Å². The maximum atomic E-state index is 13.1. The van der Waals surface area contributed by atoms with Crippen molar-refractivity contribution in [3.63, 3.8) is 0 Å². The molecule has 1 heterocycles. The normalized spacial score (nSPS) is 13.8. The second kappa shape index (κ2) is 8.76. The maximum Gasteiger partial charge on any atom is 0.261 e. The molecule has 5 aromatic rings. The number of nitrogens with zero attached hydrogens (tertiary/aromatic N) is 1. The molecule has 2 amide bonds. The first-order chi connectivity index (χ1) is 17.9. The zero-order chi connectivity index (χ0) is 25.6. The molecule has 182 valence electrons. The number of sulfonamides is 1. The third-order valence-corrected chi connectivity index (χ3v) is 7.76. The van der Waals surface area contributed by atoms with Gasteiger partial charge in [-0.15, -0.1) is 0 Å². The van der Waals surface area contributed by atoms with Gasteiger partial charge in [-0.25, -0.2) is 8.42 Å². The Bertz CT molecular complexity index is 1820. The summed E-state index contributed by atoms with van der Waals surface area (Å²) >= 11 is 0. The molecule has 0 aromatic heterocycles. The molecule has 2 N–H and O–H groups in total. The van der Waals surface area contributed by atoms with E-state index in [-0.39, 0.29) is 23.1 Å². The van der Waals surface area contributed by atoms with Gasteiger partial charge in [0.25, 0.3) is 10.0 Å². The van der Waals surface area contributed by atoms with Crippen LogP contribution in [0.1, 0.15) is 6.42 Å². The fourth-order valence-corrected chi connectivity index (χ4v) is 5.72. The van der Waals surface area contributed by atoms with Gasteiger partial charge >= 0.3 is 0 Å². The van der Waals surface area contributed by atoms with Crippen LogP contribution in [-0.4, -0.2) is 20.2 Å². The first-order valence-electron chi connectivity index (χ1n) is 11.7. The van der Waals surface area contributed by atoms with Crippen LogP contribution in [0.4, 0.5) is 22.7 Å². The van der Waals surface area contributed by atoms with Crippen LogP contribution in [0.2, 0.25) is 0 Å². The molecule has 0 spiro atoms. The summed E-state index contributed by atoms with van der Waals surface area (Å²) in [6, 6.07) is 30.4. The van der Waals surface area contributed by atoms with Crippen LogP contribution in [-0.2, 0) is 19.6 Å². The molecule has 7 nitrogen and oxygen atoms in total. The number of benzene rings is 5. The van der Waals surface area contributed by atoms with Gasteiger partial charge in [0.15, 0.2) is 0 Å². The third kappa shape index (κ3) is 4.17. The molecular weight excluding hydrogens is 486 g/mol. The summed E-state index contributed by atoms with van der Waals surface area (Å²) in [5.74, 6) is -0.763. The van der Waals surface area contributed by atoms with Crippen molar-refractivity contribution >= 4 is 66.1 Å². The van der Waals surface area contributed by atoms with E-state index < -0.39 is 10.0 Å². The van der Waals surface area contributed by atoms with Crippen LogP contribution in [0, 0.1) is 0 Å². The molecule has 0 saturated carbocycles. The minimum absolute atomic E-state index is 0.156. The molecule has 0 saturated heterocycles. The summed E-state index contributed by atoms with van der Waals surface area (Å²) in [5.41, 5.74) is 1.99. The Labute approximate surface area is 213 Å². The Morgan fingerprint density at radius 1 is 0.730 bits per heavy atom. The molecule has 37 heavy (non-hydrogen) atoms. The Hall–Kier alpha value is -4.69. The minimum Gasteiger partial charge on any atom is -0.323 e. The summed E-state index contributed by atoms with van der Waals surface area (Å²) in [6.07, 6.45) is -0.306. The van der Waals surface area contributed by atoms with E-state index in [9.17, 15) is 18.0 Å². The van der Waals surface area contributed by atoms with E-state index in [1.807, 2.05) is 54.6 Å². The Balaban J connectivity index is 1.34. The van der Waals surface area contributed by atoms with Gasteiger partial charge in [0.2, 0.25) is 11.8 Å². The van der Waals surface area contributed by atoms with Crippen molar-refractivity contribution in [1.29, 1.82) is 0 Å². The lowest BCUT2D eigenvalue weighted by atomic mass is 10.1. The van der Waals surface area contributed by atoms with Crippen LogP contribution in [0.25, 0.3) is 21.5 Å². The highest BCUT2D eigenvalue weighted by atomic mass is 32.2. The molecule has 0 unspecified atom stereocenters. The average molecular weight is 508 g/mol. The summed E-state index contributed by atoms with van der Waals surface area (Å²) in [7, 11) is -3.82. The summed E-state index contributed by atoms with van der Waals surface area (Å²) < 4.78 is 28.7. The van der Waals surface area contributed by atoms with Crippen LogP contribution in [0.3, 0.4) is 0 Å². The number of carbonyl (C=O) groups excluding carboxylic acids is 2. The van der Waals surface area contributed by atoms with Gasteiger partial charge in [-0.1, -0.05) is 60.7 Å². The van der Waals surface area contributed by atoms with Gasteiger partial charge in [-0.2, -0.15) is 0 Å². The van der Waals surface area contributed by atoms with Gasteiger partial charge < -0.3 is 5.32 Å². The highest BCUT2D eigenvalue weighted by molar-refractivity contribution is 7.92. The smallest absolute Gasteiger partial charge is 0.261 e. The van der Waals surface area contributed by atoms with Crippen LogP contribution < -0.4 is 14.9 Å². The van der Waals surface area contributed by atoms with Crippen molar-refractivity contribution in [2.24, 2.45) is 0 Å². The SMILES string of the molecule is O=C1CC(=O)N(c2ccc(NS(=O)(=O)c3ccc4ccccc4c3)cc2)c2ccc3ccccc3c2N1. The molecule has 0 atom stereocenters. The lowest BCUT2D eigenvalue weighted by Gasteiger charge is -2.23. The number of fused-ring (bicyclic) bond motifs is 4. The van der Waals surface area contributed by atoms with E-state index in [2.05, 4.69) is 10.0 Å². The van der Waals surface area contributed by atoms with Gasteiger partial charge in [-0.05, 0) is 58.6 Å². The molecule has 6 rings (SSSR count). The van der Waals surface area contributed by atoms with Crippen molar-refractivity contribution < 1.29 is 18.0 Å². The van der Waals surface area contributed by atoms with Gasteiger partial charge in [-0.3, -0.25) is 19.2 Å². The Morgan fingerprint density at radius 3 is 2.19 bits per heavy atom. The van der Waals surface area contributed by atoms with E-state index in [4.69, 9.17) is 0 Å². The third-order valence-electron chi connectivity index (χ3n) is 6.38. The largest absolute Gasteiger partial charge is 0.323 e. The second-order valence-electron chi connectivity index (χ2n) is 8.80. The quantitative estimate of drug-likeness (QED) is 0.301. The van der Waals surface area contributed by atoms with Crippen molar-refractivity contribution in [2.45, 2.75) is 11.3 Å². The van der Waals surface area contributed by atoms with Crippen LogP contribution >= 0.6 is 0 Å². The number of amides is 2. The number of nitrogens with one attached hydrogen (secondary N) is 2. The van der Waals surface area contributed by atoms with Gasteiger partial charge in [0, 0.05) is 16.8 Å². The molecular formula is C29H21N3O4S. The standard InChI is InChI=1S/C29H21N3O4S/c33-27-18-28(34)32(26-16-10-20-6-3-4-8-25(20)29(26)30-27)23-13-11-22(12-14-23)31-37(35,36)24-15-9-19-5-1-2-7-21(19)17-24/h1-17,31H,18H2,(H,30,33). The number of anilines is 4. The topological polar surface area (TPSA) is 95.6 Å². The Morgan fingerprint density at radius 2 is 1.41 bits per heavy atom. The van der Waals surface area contributed by atoms with Crippen molar-refractivity contribution in [3.05, 3.63) is 103 Å². The van der Waals surface area contributed by atoms with Crippen molar-refractivity contribution in [1.82, 2.24) is 0 Å². The number of carbonyl (C=O) groups is 2. The lowest BCUT2D eigenvalue weighted by molar-refractivity contribution is -0.124. The van der Waals surface area contributed by atoms with Crippen molar-refractivity contribution in [2.75, 3.05) is 14.9 Å². The molecule has 0 bridgehead atoms. The molecule has 1 aliphatic rings. The molecule has 0 fully saturated rings. The fourth-order valence-electron chi connectivity index (χ4n) is 4.62. The first-order valence-corrected chi connectivity index (χ1v) is 13.1. The van der Waals surface area contributed by atoms with Gasteiger partial charge in [0.1, 0.15) is 6.42 Å².